The first-order valence-electron chi connectivity index (χ1n) is 5.12. The molecular formula is C13H13NO3. The van der Waals surface area contributed by atoms with Gasteiger partial charge in [-0.3, -0.25) is 4.79 Å². The lowest BCUT2D eigenvalue weighted by atomic mass is 10.1. The maximum atomic E-state index is 11.4. The smallest absolute Gasteiger partial charge is 0.337 e. The molecule has 4 heteroatoms. The molecule has 88 valence electrons. The minimum atomic E-state index is -1.07. The number of hydrogen-bond donors (Lipinski definition) is 2. The number of aryl methyl sites for hydroxylation is 1. The Morgan fingerprint density at radius 1 is 1.47 bits per heavy atom. The number of carbonyl (C=O) groups is 2. The van der Waals surface area contributed by atoms with Gasteiger partial charge in [-0.15, -0.1) is 12.3 Å². The third-order valence-electron chi connectivity index (χ3n) is 2.18. The number of benzene rings is 1. The van der Waals surface area contributed by atoms with Gasteiger partial charge in [0.15, 0.2) is 0 Å². The van der Waals surface area contributed by atoms with Crippen molar-refractivity contribution in [1.29, 1.82) is 0 Å². The highest BCUT2D eigenvalue weighted by atomic mass is 16.4. The van der Waals surface area contributed by atoms with E-state index < -0.39 is 5.97 Å². The fraction of sp³-hybridized carbons (Fsp3) is 0.231. The fourth-order valence-electron chi connectivity index (χ4n) is 1.34. The molecule has 1 rings (SSSR count). The maximum Gasteiger partial charge on any atom is 0.337 e. The SMILES string of the molecule is C#CCCC(=O)Nc1ccc(C)cc1C(=O)O. The van der Waals surface area contributed by atoms with Crippen molar-refractivity contribution >= 4 is 17.6 Å². The lowest BCUT2D eigenvalue weighted by Gasteiger charge is -2.08. The van der Waals surface area contributed by atoms with Gasteiger partial charge in [-0.1, -0.05) is 11.6 Å². The first kappa shape index (κ1) is 12.8. The molecule has 0 aliphatic rings. The molecule has 1 aromatic carbocycles. The predicted octanol–water partition coefficient (Wildman–Crippen LogP) is 2.05. The van der Waals surface area contributed by atoms with Crippen LogP contribution in [-0.2, 0) is 4.79 Å². The maximum absolute atomic E-state index is 11.4. The molecule has 17 heavy (non-hydrogen) atoms. The Balaban J connectivity index is 2.87. The molecule has 0 saturated heterocycles. The van der Waals surface area contributed by atoms with E-state index in [1.807, 2.05) is 0 Å². The topological polar surface area (TPSA) is 66.4 Å². The molecule has 0 radical (unpaired) electrons. The number of carboxylic acid groups (broad SMARTS) is 1. The molecule has 2 N–H and O–H groups in total. The van der Waals surface area contributed by atoms with Gasteiger partial charge in [0.1, 0.15) is 0 Å². The summed E-state index contributed by atoms with van der Waals surface area (Å²) in [6, 6.07) is 4.83. The van der Waals surface area contributed by atoms with Crippen LogP contribution >= 0.6 is 0 Å². The standard InChI is InChI=1S/C13H13NO3/c1-3-4-5-12(15)14-11-7-6-9(2)8-10(11)13(16)17/h1,6-8H,4-5H2,2H3,(H,14,15)(H,16,17). The summed E-state index contributed by atoms with van der Waals surface area (Å²) in [6.07, 6.45) is 5.56. The van der Waals surface area contributed by atoms with E-state index in [4.69, 9.17) is 11.5 Å². The van der Waals surface area contributed by atoms with Crippen molar-refractivity contribution in [2.45, 2.75) is 19.8 Å². The van der Waals surface area contributed by atoms with Crippen molar-refractivity contribution in [3.05, 3.63) is 29.3 Å². The van der Waals surface area contributed by atoms with Gasteiger partial charge < -0.3 is 10.4 Å². The summed E-state index contributed by atoms with van der Waals surface area (Å²) in [5.41, 5.74) is 1.20. The fourth-order valence-corrected chi connectivity index (χ4v) is 1.34. The monoisotopic (exact) mass is 231 g/mol. The van der Waals surface area contributed by atoms with Crippen LogP contribution < -0.4 is 5.32 Å². The first-order valence-corrected chi connectivity index (χ1v) is 5.12. The Morgan fingerprint density at radius 2 is 2.18 bits per heavy atom. The Bertz CT molecular complexity index is 486. The van der Waals surface area contributed by atoms with Crippen molar-refractivity contribution < 1.29 is 14.7 Å². The van der Waals surface area contributed by atoms with Gasteiger partial charge >= 0.3 is 5.97 Å². The Labute approximate surface area is 99.7 Å². The van der Waals surface area contributed by atoms with Gasteiger partial charge in [-0.2, -0.15) is 0 Å². The number of terminal acetylenes is 1. The van der Waals surface area contributed by atoms with Crippen molar-refractivity contribution in [1.82, 2.24) is 0 Å². The predicted molar refractivity (Wildman–Crippen MR) is 64.8 cm³/mol. The van der Waals surface area contributed by atoms with E-state index in [2.05, 4.69) is 11.2 Å². The number of aromatic carboxylic acids is 1. The van der Waals surface area contributed by atoms with Crippen LogP contribution in [0.25, 0.3) is 0 Å². The van der Waals surface area contributed by atoms with Crippen molar-refractivity contribution in [2.24, 2.45) is 0 Å². The largest absolute Gasteiger partial charge is 0.478 e. The highest BCUT2D eigenvalue weighted by molar-refractivity contribution is 6.00. The molecule has 0 aliphatic carbocycles. The number of carboxylic acids is 1. The third kappa shape index (κ3) is 3.65. The van der Waals surface area contributed by atoms with Crippen molar-refractivity contribution in [3.8, 4) is 12.3 Å². The van der Waals surface area contributed by atoms with E-state index >= 15 is 0 Å². The lowest BCUT2D eigenvalue weighted by molar-refractivity contribution is -0.116. The van der Waals surface area contributed by atoms with Crippen molar-refractivity contribution in [3.63, 3.8) is 0 Å². The van der Waals surface area contributed by atoms with E-state index in [-0.39, 0.29) is 17.9 Å². The summed E-state index contributed by atoms with van der Waals surface area (Å²) in [6.45, 7) is 1.79. The van der Waals surface area contributed by atoms with Gasteiger partial charge in [-0.05, 0) is 19.1 Å². The molecule has 0 spiro atoms. The van der Waals surface area contributed by atoms with Crippen LogP contribution in [0.15, 0.2) is 18.2 Å². The number of carbonyl (C=O) groups excluding carboxylic acids is 1. The summed E-state index contributed by atoms with van der Waals surface area (Å²) in [5, 5.41) is 11.5. The van der Waals surface area contributed by atoms with Gasteiger partial charge in [0.2, 0.25) is 5.91 Å². The molecule has 0 saturated carbocycles. The number of hydrogen-bond acceptors (Lipinski definition) is 2. The molecule has 0 heterocycles. The number of rotatable bonds is 4. The summed E-state index contributed by atoms with van der Waals surface area (Å²) in [7, 11) is 0. The zero-order valence-electron chi connectivity index (χ0n) is 9.49. The van der Waals surface area contributed by atoms with E-state index in [1.165, 1.54) is 6.07 Å². The minimum Gasteiger partial charge on any atom is -0.478 e. The first-order chi connectivity index (χ1) is 8.04. The van der Waals surface area contributed by atoms with E-state index in [1.54, 1.807) is 19.1 Å². The Hall–Kier alpha value is -2.28. The molecule has 4 nitrogen and oxygen atoms in total. The molecule has 0 fully saturated rings. The van der Waals surface area contributed by atoms with Crippen LogP contribution in [-0.4, -0.2) is 17.0 Å². The number of anilines is 1. The summed E-state index contributed by atoms with van der Waals surface area (Å²) >= 11 is 0. The highest BCUT2D eigenvalue weighted by Gasteiger charge is 2.12. The molecule has 0 atom stereocenters. The third-order valence-corrected chi connectivity index (χ3v) is 2.18. The molecular weight excluding hydrogens is 218 g/mol. The van der Waals surface area contributed by atoms with E-state index in [0.29, 0.717) is 12.1 Å². The number of nitrogens with one attached hydrogen (secondary N) is 1. The molecule has 1 amide bonds. The number of amides is 1. The van der Waals surface area contributed by atoms with Crippen LogP contribution in [0, 0.1) is 19.3 Å². The van der Waals surface area contributed by atoms with Crippen molar-refractivity contribution in [2.75, 3.05) is 5.32 Å². The minimum absolute atomic E-state index is 0.0825. The summed E-state index contributed by atoms with van der Waals surface area (Å²) in [4.78, 5) is 22.4. The van der Waals surface area contributed by atoms with Crippen LogP contribution in [0.2, 0.25) is 0 Å². The van der Waals surface area contributed by atoms with E-state index in [0.717, 1.165) is 5.56 Å². The average molecular weight is 231 g/mol. The molecule has 0 aromatic heterocycles. The molecule has 0 unspecified atom stereocenters. The zero-order chi connectivity index (χ0) is 12.8. The summed E-state index contributed by atoms with van der Waals surface area (Å²) < 4.78 is 0. The van der Waals surface area contributed by atoms with Gasteiger partial charge in [0.05, 0.1) is 11.3 Å². The Morgan fingerprint density at radius 3 is 2.76 bits per heavy atom. The second-order valence-corrected chi connectivity index (χ2v) is 3.61. The van der Waals surface area contributed by atoms with Crippen LogP contribution in [0.1, 0.15) is 28.8 Å². The quantitative estimate of drug-likeness (QED) is 0.779. The average Bonchev–Trinajstić information content (AvgIpc) is 2.28. The molecule has 0 bridgehead atoms. The second kappa shape index (κ2) is 5.71. The zero-order valence-corrected chi connectivity index (χ0v) is 9.49. The lowest BCUT2D eigenvalue weighted by Crippen LogP contribution is -2.14. The second-order valence-electron chi connectivity index (χ2n) is 3.61. The van der Waals surface area contributed by atoms with E-state index in [9.17, 15) is 9.59 Å². The van der Waals surface area contributed by atoms with Crippen LogP contribution in [0.4, 0.5) is 5.69 Å². The van der Waals surface area contributed by atoms with Gasteiger partial charge in [0, 0.05) is 12.8 Å². The molecule has 0 aliphatic heterocycles. The van der Waals surface area contributed by atoms with Crippen LogP contribution in [0.5, 0.6) is 0 Å². The summed E-state index contributed by atoms with van der Waals surface area (Å²) in [5.74, 6) is 1.00. The van der Waals surface area contributed by atoms with Crippen LogP contribution in [0.3, 0.4) is 0 Å². The highest BCUT2D eigenvalue weighted by Crippen LogP contribution is 2.17. The normalized spacial score (nSPS) is 9.41. The van der Waals surface area contributed by atoms with Gasteiger partial charge in [0.25, 0.3) is 0 Å². The van der Waals surface area contributed by atoms with Gasteiger partial charge in [-0.25, -0.2) is 4.79 Å². The molecule has 1 aromatic rings. The Kier molecular flexibility index (Phi) is 4.29.